The number of benzene rings is 2. The number of hydrogen-bond donors (Lipinski definition) is 0. The predicted molar refractivity (Wildman–Crippen MR) is 115 cm³/mol. The Bertz CT molecular complexity index is 867. The average molecular weight is 394 g/mol. The van der Waals surface area contributed by atoms with E-state index in [9.17, 15) is 0 Å². The molecule has 5 heteroatoms. The molecule has 2 aromatic carbocycles. The van der Waals surface area contributed by atoms with Crippen LogP contribution in [-0.2, 0) is 11.3 Å². The van der Waals surface area contributed by atoms with Crippen LogP contribution in [0.25, 0.3) is 0 Å². The molecule has 0 fully saturated rings. The van der Waals surface area contributed by atoms with Crippen LogP contribution < -0.4 is 14.7 Å². The van der Waals surface area contributed by atoms with Gasteiger partial charge in [-0.15, -0.1) is 0 Å². The number of hydrogen-bond acceptors (Lipinski definition) is 4. The second-order valence-electron chi connectivity index (χ2n) is 7.18. The Balaban J connectivity index is 1.57. The summed E-state index contributed by atoms with van der Waals surface area (Å²) in [5, 5.41) is 1.17. The van der Waals surface area contributed by atoms with E-state index in [0.717, 1.165) is 17.2 Å². The number of rotatable bonds is 9. The summed E-state index contributed by atoms with van der Waals surface area (Å²) in [7, 11) is -0.623. The maximum Gasteiger partial charge on any atom is 0.219 e. The molecule has 28 heavy (non-hydrogen) atoms. The first-order valence-corrected chi connectivity index (χ1v) is 11.0. The topological polar surface area (TPSA) is 40.6 Å². The molecule has 0 amide bonds. The Morgan fingerprint density at radius 1 is 0.857 bits per heavy atom. The van der Waals surface area contributed by atoms with E-state index in [0.29, 0.717) is 19.1 Å². The first kappa shape index (κ1) is 20.1. The second-order valence-corrected chi connectivity index (χ2v) is 10.1. The number of pyridine rings is 1. The maximum absolute atomic E-state index is 6.21. The summed E-state index contributed by atoms with van der Waals surface area (Å²) in [5.41, 5.74) is 0.863. The van der Waals surface area contributed by atoms with E-state index < -0.39 is 9.52 Å². The second kappa shape index (κ2) is 9.53. The first-order chi connectivity index (χ1) is 13.5. The molecule has 0 radical (unpaired) electrons. The van der Waals surface area contributed by atoms with Crippen LogP contribution in [0.2, 0.25) is 0 Å². The molecule has 0 spiro atoms. The molecule has 146 valence electrons. The average Bonchev–Trinajstić information content (AvgIpc) is 2.69. The maximum atomic E-state index is 6.21. The molecule has 3 rings (SSSR count). The van der Waals surface area contributed by atoms with Crippen molar-refractivity contribution in [1.29, 1.82) is 0 Å². The van der Waals surface area contributed by atoms with Crippen molar-refractivity contribution >= 4 is 14.7 Å². The fourth-order valence-electron chi connectivity index (χ4n) is 2.89. The number of nitrogens with zero attached hydrogens (tertiary/aromatic N) is 1. The van der Waals surface area contributed by atoms with Gasteiger partial charge in [0.15, 0.2) is 0 Å². The van der Waals surface area contributed by atoms with E-state index in [1.807, 2.05) is 67.6 Å². The Labute approximate surface area is 169 Å². The van der Waals surface area contributed by atoms with Crippen molar-refractivity contribution in [2.24, 2.45) is 0 Å². The summed E-state index contributed by atoms with van der Waals surface area (Å²) in [6, 6.07) is 23.8. The van der Waals surface area contributed by atoms with Crippen LogP contribution in [0.4, 0.5) is 0 Å². The van der Waals surface area contributed by atoms with Gasteiger partial charge in [-0.3, -0.25) is 0 Å². The fraction of sp³-hybridized carbons (Fsp3) is 0.261. The predicted octanol–water partition coefficient (Wildman–Crippen LogP) is 4.02. The SMILES string of the molecule is CCOc1ccc([SiH2]C(C)(C)OCc2cccc(Oc3ccccc3)n2)cc1. The lowest BCUT2D eigenvalue weighted by Gasteiger charge is -2.25. The highest BCUT2D eigenvalue weighted by Crippen LogP contribution is 2.20. The van der Waals surface area contributed by atoms with Crippen molar-refractivity contribution in [3.05, 3.63) is 78.5 Å². The molecular weight excluding hydrogens is 366 g/mol. The molecule has 3 aromatic rings. The van der Waals surface area contributed by atoms with E-state index in [4.69, 9.17) is 14.2 Å². The summed E-state index contributed by atoms with van der Waals surface area (Å²) in [6.07, 6.45) is 0. The van der Waals surface area contributed by atoms with E-state index in [1.165, 1.54) is 5.19 Å². The van der Waals surface area contributed by atoms with E-state index in [1.54, 1.807) is 0 Å². The minimum absolute atomic E-state index is 0.175. The van der Waals surface area contributed by atoms with Crippen molar-refractivity contribution in [2.45, 2.75) is 32.6 Å². The quantitative estimate of drug-likeness (QED) is 0.515. The third-order valence-electron chi connectivity index (χ3n) is 4.22. The molecule has 0 bridgehead atoms. The van der Waals surface area contributed by atoms with Gasteiger partial charge in [0, 0.05) is 6.07 Å². The van der Waals surface area contributed by atoms with Crippen molar-refractivity contribution in [1.82, 2.24) is 4.98 Å². The highest BCUT2D eigenvalue weighted by molar-refractivity contribution is 6.56. The molecular formula is C23H27NO3Si. The van der Waals surface area contributed by atoms with Crippen LogP contribution in [0.5, 0.6) is 17.4 Å². The monoisotopic (exact) mass is 393 g/mol. The van der Waals surface area contributed by atoms with Crippen LogP contribution in [0.1, 0.15) is 26.5 Å². The third-order valence-corrected chi connectivity index (χ3v) is 6.16. The van der Waals surface area contributed by atoms with E-state index in [-0.39, 0.29) is 5.22 Å². The minimum atomic E-state index is -0.623. The van der Waals surface area contributed by atoms with Gasteiger partial charge in [-0.05, 0) is 51.1 Å². The summed E-state index contributed by atoms with van der Waals surface area (Å²) in [6.45, 7) is 7.45. The Kier molecular flexibility index (Phi) is 6.84. The largest absolute Gasteiger partial charge is 0.494 e. The Hall–Kier alpha value is -2.63. The Morgan fingerprint density at radius 2 is 1.61 bits per heavy atom. The molecule has 0 atom stereocenters. The lowest BCUT2D eigenvalue weighted by molar-refractivity contribution is 0.0290. The molecule has 1 heterocycles. The lowest BCUT2D eigenvalue weighted by atomic mass is 10.3. The molecule has 0 N–H and O–H groups in total. The molecule has 0 unspecified atom stereocenters. The first-order valence-electron chi connectivity index (χ1n) is 9.58. The van der Waals surface area contributed by atoms with Gasteiger partial charge in [0.25, 0.3) is 0 Å². The van der Waals surface area contributed by atoms with Crippen molar-refractivity contribution in [2.75, 3.05) is 6.61 Å². The zero-order chi connectivity index (χ0) is 19.8. The van der Waals surface area contributed by atoms with Gasteiger partial charge in [-0.2, -0.15) is 0 Å². The van der Waals surface area contributed by atoms with Gasteiger partial charge >= 0.3 is 0 Å². The van der Waals surface area contributed by atoms with Gasteiger partial charge in [0.05, 0.1) is 33.7 Å². The zero-order valence-corrected chi connectivity index (χ0v) is 18.1. The lowest BCUT2D eigenvalue weighted by Crippen LogP contribution is -2.39. The molecule has 0 aliphatic carbocycles. The Morgan fingerprint density at radius 3 is 2.32 bits per heavy atom. The van der Waals surface area contributed by atoms with E-state index in [2.05, 4.69) is 31.0 Å². The molecule has 1 aromatic heterocycles. The fourth-order valence-corrected chi connectivity index (χ4v) is 4.54. The van der Waals surface area contributed by atoms with E-state index >= 15 is 0 Å². The minimum Gasteiger partial charge on any atom is -0.494 e. The molecule has 0 aliphatic rings. The van der Waals surface area contributed by atoms with Crippen LogP contribution in [0, 0.1) is 0 Å². The summed E-state index contributed by atoms with van der Waals surface area (Å²) >= 11 is 0. The number of para-hydroxylation sites is 1. The highest BCUT2D eigenvalue weighted by atomic mass is 28.2. The molecule has 0 aliphatic heterocycles. The van der Waals surface area contributed by atoms with Gasteiger partial charge in [-0.1, -0.05) is 41.6 Å². The smallest absolute Gasteiger partial charge is 0.219 e. The van der Waals surface area contributed by atoms with Crippen LogP contribution >= 0.6 is 0 Å². The van der Waals surface area contributed by atoms with Crippen molar-refractivity contribution < 1.29 is 14.2 Å². The summed E-state index contributed by atoms with van der Waals surface area (Å²) < 4.78 is 17.5. The van der Waals surface area contributed by atoms with Gasteiger partial charge in [0.2, 0.25) is 5.88 Å². The summed E-state index contributed by atoms with van der Waals surface area (Å²) in [4.78, 5) is 4.56. The normalized spacial score (nSPS) is 11.7. The third kappa shape index (κ3) is 6.22. The van der Waals surface area contributed by atoms with Crippen molar-refractivity contribution in [3.8, 4) is 17.4 Å². The van der Waals surface area contributed by atoms with Crippen molar-refractivity contribution in [3.63, 3.8) is 0 Å². The van der Waals surface area contributed by atoms with Crippen LogP contribution in [0.15, 0.2) is 72.8 Å². The highest BCUT2D eigenvalue weighted by Gasteiger charge is 2.20. The molecule has 4 nitrogen and oxygen atoms in total. The number of ether oxygens (including phenoxy) is 3. The van der Waals surface area contributed by atoms with Gasteiger partial charge in [0.1, 0.15) is 11.5 Å². The zero-order valence-electron chi connectivity index (χ0n) is 16.7. The van der Waals surface area contributed by atoms with Gasteiger partial charge in [-0.25, -0.2) is 4.98 Å². The van der Waals surface area contributed by atoms with Crippen LogP contribution in [-0.4, -0.2) is 26.3 Å². The standard InChI is InChI=1S/C23H27NO3Si/c1-4-25-19-13-15-21(16-14-19)28-23(2,3)26-17-18-9-8-12-22(24-18)27-20-10-6-5-7-11-20/h5-16H,4,17,28H2,1-3H3. The number of aromatic nitrogens is 1. The molecule has 0 saturated heterocycles. The molecule has 0 saturated carbocycles. The van der Waals surface area contributed by atoms with Crippen LogP contribution in [0.3, 0.4) is 0 Å². The summed E-state index contributed by atoms with van der Waals surface area (Å²) in [5.74, 6) is 2.27. The van der Waals surface area contributed by atoms with Gasteiger partial charge < -0.3 is 14.2 Å².